The zero-order chi connectivity index (χ0) is 19.5. The van der Waals surface area contributed by atoms with Crippen molar-refractivity contribution >= 4 is 39.1 Å². The summed E-state index contributed by atoms with van der Waals surface area (Å²) in [5.74, 6) is 0. The van der Waals surface area contributed by atoms with E-state index in [1.165, 1.54) is 29.3 Å². The summed E-state index contributed by atoms with van der Waals surface area (Å²) < 4.78 is 27.2. The molecule has 0 aliphatic carbocycles. The molecule has 9 heteroatoms. The second kappa shape index (κ2) is 8.24. The van der Waals surface area contributed by atoms with E-state index < -0.39 is 15.9 Å². The molecular formula is C17H19Cl2N3O3S. The van der Waals surface area contributed by atoms with E-state index in [0.29, 0.717) is 18.7 Å². The molecule has 140 valence electrons. The Balaban J connectivity index is 2.62. The molecule has 2 aromatic rings. The van der Waals surface area contributed by atoms with Crippen LogP contribution in [-0.2, 0) is 16.3 Å². The molecule has 2 rings (SSSR count). The number of hydrogen-bond donors (Lipinski definition) is 0. The lowest BCUT2D eigenvalue weighted by Gasteiger charge is -2.17. The van der Waals surface area contributed by atoms with E-state index in [0.717, 1.165) is 4.68 Å². The predicted octanol–water partition coefficient (Wildman–Crippen LogP) is 4.06. The molecule has 0 spiro atoms. The highest BCUT2D eigenvalue weighted by Crippen LogP contribution is 2.31. The van der Waals surface area contributed by atoms with Gasteiger partial charge < -0.3 is 4.90 Å². The molecule has 0 unspecified atom stereocenters. The van der Waals surface area contributed by atoms with E-state index in [9.17, 15) is 13.2 Å². The zero-order valence-corrected chi connectivity index (χ0v) is 16.8. The fourth-order valence-electron chi connectivity index (χ4n) is 2.44. The Bertz CT molecular complexity index is 935. The molecule has 26 heavy (non-hydrogen) atoms. The Kier molecular flexibility index (Phi) is 6.49. The quantitative estimate of drug-likeness (QED) is 0.666. The smallest absolute Gasteiger partial charge is 0.323 e. The average Bonchev–Trinajstić information content (AvgIpc) is 3.03. The van der Waals surface area contributed by atoms with Gasteiger partial charge in [0.2, 0.25) is 9.84 Å². The van der Waals surface area contributed by atoms with E-state index in [2.05, 4.69) is 11.7 Å². The van der Waals surface area contributed by atoms with Crippen LogP contribution in [0.25, 0.3) is 0 Å². The molecule has 1 heterocycles. The monoisotopic (exact) mass is 415 g/mol. The fourth-order valence-corrected chi connectivity index (χ4v) is 4.59. The molecule has 0 saturated heterocycles. The number of rotatable bonds is 6. The second-order valence-electron chi connectivity index (χ2n) is 5.43. The summed E-state index contributed by atoms with van der Waals surface area (Å²) in [6.07, 6.45) is 3.19. The van der Waals surface area contributed by atoms with Crippen molar-refractivity contribution in [3.05, 3.63) is 52.7 Å². The molecule has 0 bridgehead atoms. The lowest BCUT2D eigenvalue weighted by Crippen LogP contribution is -2.34. The van der Waals surface area contributed by atoms with Crippen molar-refractivity contribution in [2.45, 2.75) is 30.2 Å². The van der Waals surface area contributed by atoms with Crippen LogP contribution in [-0.4, -0.2) is 42.2 Å². The van der Waals surface area contributed by atoms with Gasteiger partial charge in [0.25, 0.3) is 0 Å². The number of sulfone groups is 1. The Morgan fingerprint density at radius 1 is 1.31 bits per heavy atom. The maximum Gasteiger partial charge on any atom is 0.344 e. The third kappa shape index (κ3) is 3.95. The number of allylic oxidation sites excluding steroid dienone is 1. The third-order valence-electron chi connectivity index (χ3n) is 3.78. The highest BCUT2D eigenvalue weighted by atomic mass is 35.5. The summed E-state index contributed by atoms with van der Waals surface area (Å²) in [5, 5.41) is 4.08. The van der Waals surface area contributed by atoms with Crippen LogP contribution in [0.15, 0.2) is 47.0 Å². The number of halogens is 2. The van der Waals surface area contributed by atoms with Gasteiger partial charge in [-0.1, -0.05) is 29.3 Å². The summed E-state index contributed by atoms with van der Waals surface area (Å²) in [6.45, 7) is 8.26. The first-order valence-electron chi connectivity index (χ1n) is 7.95. The number of carbonyl (C=O) groups is 1. The SMILES string of the molecule is C=CCc1cn(C(=O)N(CC)CC)nc1S(=O)(=O)c1cc(Cl)ccc1Cl. The molecule has 0 saturated carbocycles. The van der Waals surface area contributed by atoms with Gasteiger partial charge in [-0.25, -0.2) is 13.2 Å². The van der Waals surface area contributed by atoms with Crippen LogP contribution >= 0.6 is 23.2 Å². The first-order chi connectivity index (χ1) is 12.3. The Morgan fingerprint density at radius 2 is 1.96 bits per heavy atom. The maximum atomic E-state index is 13.1. The van der Waals surface area contributed by atoms with Crippen LogP contribution in [0, 0.1) is 0 Å². The summed E-state index contributed by atoms with van der Waals surface area (Å²) in [4.78, 5) is 13.9. The van der Waals surface area contributed by atoms with Crippen molar-refractivity contribution in [2.24, 2.45) is 0 Å². The van der Waals surface area contributed by atoms with E-state index >= 15 is 0 Å². The van der Waals surface area contributed by atoms with Crippen molar-refractivity contribution in [3.8, 4) is 0 Å². The maximum absolute atomic E-state index is 13.1. The number of benzene rings is 1. The van der Waals surface area contributed by atoms with Gasteiger partial charge in [-0.05, 0) is 38.5 Å². The molecule has 1 aromatic heterocycles. The zero-order valence-electron chi connectivity index (χ0n) is 14.4. The van der Waals surface area contributed by atoms with Gasteiger partial charge in [-0.3, -0.25) is 0 Å². The van der Waals surface area contributed by atoms with E-state index in [1.54, 1.807) is 6.08 Å². The Labute approximate surface area is 162 Å². The van der Waals surface area contributed by atoms with Gasteiger partial charge >= 0.3 is 6.03 Å². The first kappa shape index (κ1) is 20.5. The summed E-state index contributed by atoms with van der Waals surface area (Å²) in [6, 6.07) is 3.76. The molecule has 1 amide bonds. The average molecular weight is 416 g/mol. The molecule has 0 radical (unpaired) electrons. The van der Waals surface area contributed by atoms with Gasteiger partial charge in [0, 0.05) is 29.9 Å². The minimum absolute atomic E-state index is 0.0311. The van der Waals surface area contributed by atoms with E-state index in [1.807, 2.05) is 13.8 Å². The second-order valence-corrected chi connectivity index (χ2v) is 8.11. The summed E-state index contributed by atoms with van der Waals surface area (Å²) >= 11 is 12.0. The standard InChI is InChI=1S/C17H19Cl2N3O3S/c1-4-7-12-11-22(17(23)21(5-2)6-3)20-16(12)26(24,25)15-10-13(18)8-9-14(15)19/h4,8-11H,1,5-7H2,2-3H3. The van der Waals surface area contributed by atoms with Crippen molar-refractivity contribution in [2.75, 3.05) is 13.1 Å². The summed E-state index contributed by atoms with van der Waals surface area (Å²) in [7, 11) is -4.06. The number of amides is 1. The van der Waals surface area contributed by atoms with Crippen molar-refractivity contribution in [1.29, 1.82) is 0 Å². The third-order valence-corrected chi connectivity index (χ3v) is 6.23. The van der Waals surface area contributed by atoms with Gasteiger partial charge in [0.15, 0.2) is 5.03 Å². The van der Waals surface area contributed by atoms with Gasteiger partial charge in [0.1, 0.15) is 0 Å². The van der Waals surface area contributed by atoms with E-state index in [-0.39, 0.29) is 26.4 Å². The molecule has 0 atom stereocenters. The number of aromatic nitrogens is 2. The highest BCUT2D eigenvalue weighted by molar-refractivity contribution is 7.91. The molecule has 0 aliphatic rings. The topological polar surface area (TPSA) is 72.3 Å². The van der Waals surface area contributed by atoms with Crippen LogP contribution in [0.1, 0.15) is 19.4 Å². The van der Waals surface area contributed by atoms with Crippen LogP contribution in [0.4, 0.5) is 4.79 Å². The molecule has 0 aliphatic heterocycles. The lowest BCUT2D eigenvalue weighted by atomic mass is 10.2. The fraction of sp³-hybridized carbons (Fsp3) is 0.294. The van der Waals surface area contributed by atoms with Gasteiger partial charge in [-0.15, -0.1) is 6.58 Å². The molecule has 0 N–H and O–H groups in total. The molecular weight excluding hydrogens is 397 g/mol. The Morgan fingerprint density at radius 3 is 2.54 bits per heavy atom. The normalized spacial score (nSPS) is 11.4. The van der Waals surface area contributed by atoms with Crippen molar-refractivity contribution in [1.82, 2.24) is 14.7 Å². The number of nitrogens with zero attached hydrogens (tertiary/aromatic N) is 3. The van der Waals surface area contributed by atoms with Crippen molar-refractivity contribution < 1.29 is 13.2 Å². The van der Waals surface area contributed by atoms with Crippen LogP contribution in [0.2, 0.25) is 10.0 Å². The number of hydrogen-bond acceptors (Lipinski definition) is 4. The van der Waals surface area contributed by atoms with Gasteiger partial charge in [0.05, 0.1) is 9.92 Å². The van der Waals surface area contributed by atoms with E-state index in [4.69, 9.17) is 23.2 Å². The van der Waals surface area contributed by atoms with Crippen molar-refractivity contribution in [3.63, 3.8) is 0 Å². The van der Waals surface area contributed by atoms with Crippen LogP contribution in [0.3, 0.4) is 0 Å². The van der Waals surface area contributed by atoms with Crippen LogP contribution < -0.4 is 0 Å². The largest absolute Gasteiger partial charge is 0.344 e. The van der Waals surface area contributed by atoms with Gasteiger partial charge in [-0.2, -0.15) is 9.78 Å². The Hall–Kier alpha value is -1.83. The minimum Gasteiger partial charge on any atom is -0.323 e. The number of carbonyl (C=O) groups excluding carboxylic acids is 1. The lowest BCUT2D eigenvalue weighted by molar-refractivity contribution is 0.201. The molecule has 1 aromatic carbocycles. The van der Waals surface area contributed by atoms with Crippen LogP contribution in [0.5, 0.6) is 0 Å². The summed E-state index contributed by atoms with van der Waals surface area (Å²) in [5.41, 5.74) is 0.358. The minimum atomic E-state index is -4.06. The molecule has 6 nitrogen and oxygen atoms in total. The molecule has 0 fully saturated rings. The highest BCUT2D eigenvalue weighted by Gasteiger charge is 2.29. The predicted molar refractivity (Wildman–Crippen MR) is 102 cm³/mol. The first-order valence-corrected chi connectivity index (χ1v) is 10.2.